The second kappa shape index (κ2) is 5.31. The van der Waals surface area contributed by atoms with E-state index in [-0.39, 0.29) is 0 Å². The van der Waals surface area contributed by atoms with Crippen LogP contribution in [0.4, 0.5) is 0 Å². The van der Waals surface area contributed by atoms with Crippen LogP contribution >= 0.6 is 0 Å². The summed E-state index contributed by atoms with van der Waals surface area (Å²) in [5.41, 5.74) is 0. The normalized spacial score (nSPS) is 11.5. The molecule has 1 rings (SSSR count). The Morgan fingerprint density at radius 1 is 1.20 bits per heavy atom. The number of hydrogen-bond donors (Lipinski definition) is 0. The van der Waals surface area contributed by atoms with Crippen LogP contribution in [0, 0.1) is 0 Å². The van der Waals surface area contributed by atoms with Crippen molar-refractivity contribution in [1.29, 1.82) is 0 Å². The third kappa shape index (κ3) is 2.22. The van der Waals surface area contributed by atoms with Crippen molar-refractivity contribution in [3.8, 4) is 5.75 Å². The van der Waals surface area contributed by atoms with Gasteiger partial charge in [-0.1, -0.05) is 38.9 Å². The van der Waals surface area contributed by atoms with Gasteiger partial charge in [0.2, 0.25) is 0 Å². The Morgan fingerprint density at radius 2 is 1.80 bits per heavy atom. The topological polar surface area (TPSA) is 22.1 Å². The quantitative estimate of drug-likeness (QED) is 0.716. The summed E-state index contributed by atoms with van der Waals surface area (Å²) in [5, 5.41) is 1.39. The zero-order chi connectivity index (χ0) is 11.3. The smallest absolute Gasteiger partial charge is 0.121 e. The minimum absolute atomic E-state index is 1.03. The molecule has 0 N–H and O–H groups in total. The largest absolute Gasteiger partial charge is 0.497 e. The lowest BCUT2D eigenvalue weighted by Gasteiger charge is -2.29. The predicted molar refractivity (Wildman–Crippen MR) is 67.6 cm³/mol. The third-order valence-electron chi connectivity index (χ3n) is 3.60. The standard InChI is InChI=1S/C12H21NOSi/c1-5-15(6-2,7-3)12-10-13-9-8-11(12)14-4/h8-10H,5-7H2,1-4H3. The molecule has 0 amide bonds. The van der Waals surface area contributed by atoms with E-state index < -0.39 is 8.07 Å². The molecule has 0 aliphatic rings. The average Bonchev–Trinajstić information content (AvgIpc) is 2.33. The maximum atomic E-state index is 5.45. The molecule has 0 spiro atoms. The van der Waals surface area contributed by atoms with E-state index in [0.717, 1.165) is 5.75 Å². The number of ether oxygens (including phenoxy) is 1. The van der Waals surface area contributed by atoms with Gasteiger partial charge in [-0.05, 0) is 11.3 Å². The Balaban J connectivity index is 3.21. The zero-order valence-electron chi connectivity index (χ0n) is 10.2. The lowest BCUT2D eigenvalue weighted by molar-refractivity contribution is 0.417. The SMILES string of the molecule is CC[Si](CC)(CC)c1cnccc1OC. The second-order valence-corrected chi connectivity index (χ2v) is 9.14. The molecule has 84 valence electrons. The van der Waals surface area contributed by atoms with Crippen LogP contribution in [0.1, 0.15) is 20.8 Å². The van der Waals surface area contributed by atoms with E-state index in [4.69, 9.17) is 4.74 Å². The monoisotopic (exact) mass is 223 g/mol. The van der Waals surface area contributed by atoms with Crippen molar-refractivity contribution in [2.75, 3.05) is 7.11 Å². The van der Waals surface area contributed by atoms with Crippen molar-refractivity contribution in [2.45, 2.75) is 38.9 Å². The molecule has 0 atom stereocenters. The molecule has 0 bridgehead atoms. The molecule has 0 aliphatic carbocycles. The number of rotatable bonds is 5. The predicted octanol–water partition coefficient (Wildman–Crippen LogP) is 2.81. The highest BCUT2D eigenvalue weighted by molar-refractivity contribution is 6.92. The first-order valence-corrected chi connectivity index (χ1v) is 8.34. The molecule has 0 aliphatic heterocycles. The number of nitrogens with zero attached hydrogens (tertiary/aromatic N) is 1. The number of methoxy groups -OCH3 is 1. The van der Waals surface area contributed by atoms with Gasteiger partial charge in [-0.3, -0.25) is 4.98 Å². The van der Waals surface area contributed by atoms with Gasteiger partial charge in [-0.25, -0.2) is 0 Å². The Labute approximate surface area is 93.7 Å². The van der Waals surface area contributed by atoms with Crippen LogP contribution in [0.2, 0.25) is 18.1 Å². The summed E-state index contributed by atoms with van der Waals surface area (Å²) in [6, 6.07) is 5.78. The fourth-order valence-corrected chi connectivity index (χ4v) is 5.98. The molecule has 0 unspecified atom stereocenters. The fourth-order valence-electron chi connectivity index (χ4n) is 2.28. The fraction of sp³-hybridized carbons (Fsp3) is 0.583. The molecule has 1 aromatic heterocycles. The van der Waals surface area contributed by atoms with Gasteiger partial charge in [0.15, 0.2) is 0 Å². The molecule has 1 heterocycles. The van der Waals surface area contributed by atoms with Gasteiger partial charge < -0.3 is 4.74 Å². The minimum atomic E-state index is -1.35. The molecular formula is C12H21NOSi. The summed E-state index contributed by atoms with van der Waals surface area (Å²) in [6.45, 7) is 6.89. The maximum absolute atomic E-state index is 5.45. The Hall–Kier alpha value is -0.833. The van der Waals surface area contributed by atoms with Gasteiger partial charge in [-0.2, -0.15) is 0 Å². The minimum Gasteiger partial charge on any atom is -0.497 e. The van der Waals surface area contributed by atoms with Gasteiger partial charge in [0.1, 0.15) is 5.75 Å². The molecule has 0 saturated heterocycles. The van der Waals surface area contributed by atoms with Gasteiger partial charge in [-0.15, -0.1) is 0 Å². The van der Waals surface area contributed by atoms with E-state index in [1.807, 2.05) is 18.5 Å². The summed E-state index contributed by atoms with van der Waals surface area (Å²) in [6.07, 6.45) is 3.82. The highest BCUT2D eigenvalue weighted by Gasteiger charge is 2.32. The van der Waals surface area contributed by atoms with Gasteiger partial charge >= 0.3 is 0 Å². The lowest BCUT2D eigenvalue weighted by Crippen LogP contribution is -2.46. The van der Waals surface area contributed by atoms with Crippen molar-refractivity contribution >= 4 is 13.3 Å². The molecule has 0 radical (unpaired) electrons. The molecule has 0 fully saturated rings. The maximum Gasteiger partial charge on any atom is 0.121 e. The molecule has 2 nitrogen and oxygen atoms in total. The third-order valence-corrected chi connectivity index (χ3v) is 9.18. The van der Waals surface area contributed by atoms with Crippen molar-refractivity contribution in [1.82, 2.24) is 4.98 Å². The van der Waals surface area contributed by atoms with Crippen LogP contribution in [-0.4, -0.2) is 20.2 Å². The molecular weight excluding hydrogens is 202 g/mol. The van der Waals surface area contributed by atoms with E-state index in [2.05, 4.69) is 25.8 Å². The van der Waals surface area contributed by atoms with Crippen molar-refractivity contribution < 1.29 is 4.74 Å². The van der Waals surface area contributed by atoms with Crippen molar-refractivity contribution in [3.05, 3.63) is 18.5 Å². The summed E-state index contributed by atoms with van der Waals surface area (Å²) < 4.78 is 5.45. The first-order chi connectivity index (χ1) is 7.24. The molecule has 3 heteroatoms. The second-order valence-electron chi connectivity index (χ2n) is 3.92. The molecule has 0 saturated carbocycles. The zero-order valence-corrected chi connectivity index (χ0v) is 11.2. The highest BCUT2D eigenvalue weighted by atomic mass is 28.3. The van der Waals surface area contributed by atoms with E-state index in [1.165, 1.54) is 23.3 Å². The highest BCUT2D eigenvalue weighted by Crippen LogP contribution is 2.23. The Morgan fingerprint density at radius 3 is 2.27 bits per heavy atom. The number of aromatic nitrogens is 1. The molecule has 1 aromatic rings. The van der Waals surface area contributed by atoms with Crippen LogP contribution < -0.4 is 9.92 Å². The Kier molecular flexibility index (Phi) is 4.33. The van der Waals surface area contributed by atoms with Gasteiger partial charge in [0.05, 0.1) is 15.2 Å². The first-order valence-electron chi connectivity index (χ1n) is 5.72. The molecule has 15 heavy (non-hydrogen) atoms. The van der Waals surface area contributed by atoms with Gasteiger partial charge in [0.25, 0.3) is 0 Å². The van der Waals surface area contributed by atoms with Crippen LogP contribution in [0.25, 0.3) is 0 Å². The average molecular weight is 223 g/mol. The van der Waals surface area contributed by atoms with Crippen LogP contribution in [-0.2, 0) is 0 Å². The van der Waals surface area contributed by atoms with E-state index in [0.29, 0.717) is 0 Å². The summed E-state index contributed by atoms with van der Waals surface area (Å²) >= 11 is 0. The summed E-state index contributed by atoms with van der Waals surface area (Å²) in [4.78, 5) is 4.26. The van der Waals surface area contributed by atoms with Crippen LogP contribution in [0.15, 0.2) is 18.5 Å². The van der Waals surface area contributed by atoms with E-state index in [9.17, 15) is 0 Å². The lowest BCUT2D eigenvalue weighted by atomic mass is 10.4. The van der Waals surface area contributed by atoms with E-state index in [1.54, 1.807) is 7.11 Å². The van der Waals surface area contributed by atoms with Gasteiger partial charge in [0, 0.05) is 12.4 Å². The van der Waals surface area contributed by atoms with Crippen molar-refractivity contribution in [3.63, 3.8) is 0 Å². The Bertz CT molecular complexity index is 302. The van der Waals surface area contributed by atoms with Crippen LogP contribution in [0.5, 0.6) is 5.75 Å². The summed E-state index contributed by atoms with van der Waals surface area (Å²) in [5.74, 6) is 1.03. The number of hydrogen-bond acceptors (Lipinski definition) is 2. The van der Waals surface area contributed by atoms with Crippen LogP contribution in [0.3, 0.4) is 0 Å². The van der Waals surface area contributed by atoms with Crippen molar-refractivity contribution in [2.24, 2.45) is 0 Å². The summed E-state index contributed by atoms with van der Waals surface area (Å²) in [7, 11) is 0.402. The van der Waals surface area contributed by atoms with E-state index >= 15 is 0 Å². The number of pyridine rings is 1. The molecule has 0 aromatic carbocycles. The first kappa shape index (κ1) is 12.2.